The molecule has 0 atom stereocenters. The highest BCUT2D eigenvalue weighted by atomic mass is 16.1. The Balaban J connectivity index is 1.52. The maximum absolute atomic E-state index is 11.8. The number of carbonyl (C=O) groups is 1. The molecule has 0 saturated carbocycles. The SMILES string of the molecule is O=C(CCN1CCNCC1)NCCC1=CCCCC1. The van der Waals surface area contributed by atoms with Gasteiger partial charge in [-0.2, -0.15) is 0 Å². The first-order valence-electron chi connectivity index (χ1n) is 7.72. The number of piperazine rings is 1. The molecule has 0 unspecified atom stereocenters. The van der Waals surface area contributed by atoms with Gasteiger partial charge in [-0.1, -0.05) is 11.6 Å². The summed E-state index contributed by atoms with van der Waals surface area (Å²) in [5, 5.41) is 6.37. The van der Waals surface area contributed by atoms with Gasteiger partial charge in [-0.05, 0) is 32.1 Å². The molecule has 4 nitrogen and oxygen atoms in total. The Hall–Kier alpha value is -0.870. The molecule has 0 radical (unpaired) electrons. The van der Waals surface area contributed by atoms with Gasteiger partial charge in [0.05, 0.1) is 0 Å². The highest BCUT2D eigenvalue weighted by Crippen LogP contribution is 2.19. The molecule has 1 fully saturated rings. The lowest BCUT2D eigenvalue weighted by atomic mass is 9.97. The van der Waals surface area contributed by atoms with Gasteiger partial charge in [0, 0.05) is 45.7 Å². The minimum atomic E-state index is 0.204. The fraction of sp³-hybridized carbons (Fsp3) is 0.800. The number of nitrogens with one attached hydrogen (secondary N) is 2. The van der Waals surface area contributed by atoms with E-state index in [-0.39, 0.29) is 5.91 Å². The summed E-state index contributed by atoms with van der Waals surface area (Å²) in [7, 11) is 0. The number of amides is 1. The van der Waals surface area contributed by atoms with Crippen LogP contribution in [0.4, 0.5) is 0 Å². The largest absolute Gasteiger partial charge is 0.356 e. The second kappa shape index (κ2) is 8.33. The number of hydrogen-bond acceptors (Lipinski definition) is 3. The van der Waals surface area contributed by atoms with Crippen molar-refractivity contribution in [2.75, 3.05) is 39.3 Å². The van der Waals surface area contributed by atoms with Gasteiger partial charge in [-0.15, -0.1) is 0 Å². The van der Waals surface area contributed by atoms with E-state index in [9.17, 15) is 4.79 Å². The molecule has 0 bridgehead atoms. The van der Waals surface area contributed by atoms with Gasteiger partial charge in [0.25, 0.3) is 0 Å². The van der Waals surface area contributed by atoms with E-state index >= 15 is 0 Å². The zero-order chi connectivity index (χ0) is 13.3. The lowest BCUT2D eigenvalue weighted by Gasteiger charge is -2.26. The van der Waals surface area contributed by atoms with Crippen molar-refractivity contribution in [3.63, 3.8) is 0 Å². The molecule has 2 rings (SSSR count). The summed E-state index contributed by atoms with van der Waals surface area (Å²) >= 11 is 0. The molecule has 2 N–H and O–H groups in total. The van der Waals surface area contributed by atoms with Gasteiger partial charge >= 0.3 is 0 Å². The Morgan fingerprint density at radius 3 is 2.89 bits per heavy atom. The smallest absolute Gasteiger partial charge is 0.221 e. The third-order valence-corrected chi connectivity index (χ3v) is 4.02. The van der Waals surface area contributed by atoms with Crippen LogP contribution >= 0.6 is 0 Å². The average molecular weight is 265 g/mol. The molecule has 1 aliphatic heterocycles. The van der Waals surface area contributed by atoms with E-state index in [4.69, 9.17) is 0 Å². The number of hydrogen-bond donors (Lipinski definition) is 2. The number of carbonyl (C=O) groups excluding carboxylic acids is 1. The summed E-state index contributed by atoms with van der Waals surface area (Å²) in [6.45, 7) is 5.95. The van der Waals surface area contributed by atoms with Crippen molar-refractivity contribution in [2.24, 2.45) is 0 Å². The van der Waals surface area contributed by atoms with Gasteiger partial charge < -0.3 is 15.5 Å². The van der Waals surface area contributed by atoms with Crippen LogP contribution < -0.4 is 10.6 Å². The van der Waals surface area contributed by atoms with E-state index in [2.05, 4.69) is 21.6 Å². The predicted octanol–water partition coefficient (Wildman–Crippen LogP) is 1.29. The van der Waals surface area contributed by atoms with Crippen LogP contribution in [0, 0.1) is 0 Å². The summed E-state index contributed by atoms with van der Waals surface area (Å²) in [4.78, 5) is 14.1. The van der Waals surface area contributed by atoms with E-state index < -0.39 is 0 Å². The van der Waals surface area contributed by atoms with Crippen LogP contribution in [0.15, 0.2) is 11.6 Å². The topological polar surface area (TPSA) is 44.4 Å². The number of nitrogens with zero attached hydrogens (tertiary/aromatic N) is 1. The molecule has 1 saturated heterocycles. The molecular weight excluding hydrogens is 238 g/mol. The molecular formula is C15H27N3O. The zero-order valence-corrected chi connectivity index (χ0v) is 11.9. The lowest BCUT2D eigenvalue weighted by molar-refractivity contribution is -0.121. The van der Waals surface area contributed by atoms with Crippen LogP contribution in [0.3, 0.4) is 0 Å². The van der Waals surface area contributed by atoms with Crippen molar-refractivity contribution < 1.29 is 4.79 Å². The van der Waals surface area contributed by atoms with Crippen LogP contribution in [0.5, 0.6) is 0 Å². The van der Waals surface area contributed by atoms with Crippen molar-refractivity contribution >= 4 is 5.91 Å². The first-order chi connectivity index (χ1) is 9.34. The Morgan fingerprint density at radius 1 is 1.32 bits per heavy atom. The van der Waals surface area contributed by atoms with Gasteiger partial charge in [0.1, 0.15) is 0 Å². The van der Waals surface area contributed by atoms with Crippen LogP contribution in [0.1, 0.15) is 38.5 Å². The highest BCUT2D eigenvalue weighted by molar-refractivity contribution is 5.76. The molecule has 1 aliphatic carbocycles. The molecule has 1 amide bonds. The number of allylic oxidation sites excluding steroid dienone is 1. The van der Waals surface area contributed by atoms with Gasteiger partial charge in [-0.25, -0.2) is 0 Å². The third kappa shape index (κ3) is 5.74. The molecule has 2 aliphatic rings. The van der Waals surface area contributed by atoms with Crippen molar-refractivity contribution in [2.45, 2.75) is 38.5 Å². The second-order valence-electron chi connectivity index (χ2n) is 5.55. The van der Waals surface area contributed by atoms with Crippen LogP contribution in [0.2, 0.25) is 0 Å². The Bertz CT molecular complexity index is 309. The third-order valence-electron chi connectivity index (χ3n) is 4.02. The first kappa shape index (κ1) is 14.5. The first-order valence-corrected chi connectivity index (χ1v) is 7.72. The number of rotatable bonds is 6. The Kier molecular flexibility index (Phi) is 6.37. The molecule has 1 heterocycles. The van der Waals surface area contributed by atoms with E-state index in [1.807, 2.05) is 0 Å². The summed E-state index contributed by atoms with van der Waals surface area (Å²) in [6.07, 6.45) is 9.15. The Labute approximate surface area is 116 Å². The molecule has 0 spiro atoms. The molecule has 0 aromatic rings. The quantitative estimate of drug-likeness (QED) is 0.711. The monoisotopic (exact) mass is 265 g/mol. The van der Waals surface area contributed by atoms with Crippen LogP contribution in [-0.2, 0) is 4.79 Å². The zero-order valence-electron chi connectivity index (χ0n) is 11.9. The Morgan fingerprint density at radius 2 is 2.16 bits per heavy atom. The van der Waals surface area contributed by atoms with Crippen molar-refractivity contribution in [1.29, 1.82) is 0 Å². The summed E-state index contributed by atoms with van der Waals surface area (Å²) in [6, 6.07) is 0. The average Bonchev–Trinajstić information content (AvgIpc) is 2.47. The summed E-state index contributed by atoms with van der Waals surface area (Å²) < 4.78 is 0. The minimum absolute atomic E-state index is 0.204. The maximum Gasteiger partial charge on any atom is 0.221 e. The molecule has 19 heavy (non-hydrogen) atoms. The van der Waals surface area contributed by atoms with Crippen LogP contribution in [-0.4, -0.2) is 50.1 Å². The van der Waals surface area contributed by atoms with Gasteiger partial charge in [-0.3, -0.25) is 4.79 Å². The molecule has 4 heteroatoms. The van der Waals surface area contributed by atoms with E-state index in [1.165, 1.54) is 31.3 Å². The van der Waals surface area contributed by atoms with Crippen molar-refractivity contribution in [1.82, 2.24) is 15.5 Å². The maximum atomic E-state index is 11.8. The van der Waals surface area contributed by atoms with Gasteiger partial charge in [0.15, 0.2) is 0 Å². The fourth-order valence-corrected chi connectivity index (χ4v) is 2.78. The van der Waals surface area contributed by atoms with Crippen molar-refractivity contribution in [3.05, 3.63) is 11.6 Å². The van der Waals surface area contributed by atoms with E-state index in [1.54, 1.807) is 0 Å². The molecule has 108 valence electrons. The minimum Gasteiger partial charge on any atom is -0.356 e. The predicted molar refractivity (Wildman–Crippen MR) is 78.1 cm³/mol. The normalized spacial score (nSPS) is 20.9. The van der Waals surface area contributed by atoms with Crippen molar-refractivity contribution in [3.8, 4) is 0 Å². The van der Waals surface area contributed by atoms with Gasteiger partial charge in [0.2, 0.25) is 5.91 Å². The summed E-state index contributed by atoms with van der Waals surface area (Å²) in [5.41, 5.74) is 1.54. The lowest BCUT2D eigenvalue weighted by Crippen LogP contribution is -2.44. The molecule has 0 aromatic heterocycles. The second-order valence-corrected chi connectivity index (χ2v) is 5.55. The van der Waals surface area contributed by atoms with E-state index in [0.29, 0.717) is 6.42 Å². The summed E-state index contributed by atoms with van der Waals surface area (Å²) in [5.74, 6) is 0.204. The van der Waals surface area contributed by atoms with Crippen LogP contribution in [0.25, 0.3) is 0 Å². The highest BCUT2D eigenvalue weighted by Gasteiger charge is 2.11. The molecule has 0 aromatic carbocycles. The van der Waals surface area contributed by atoms with E-state index in [0.717, 1.165) is 45.7 Å². The fourth-order valence-electron chi connectivity index (χ4n) is 2.78. The standard InChI is InChI=1S/C15H27N3O/c19-15(7-11-18-12-9-16-10-13-18)17-8-6-14-4-2-1-3-5-14/h4,16H,1-3,5-13H2,(H,17,19).